The van der Waals surface area contributed by atoms with Crippen LogP contribution in [0.2, 0.25) is 0 Å². The average molecular weight is 383 g/mol. The molecule has 1 fully saturated rings. The van der Waals surface area contributed by atoms with E-state index in [-0.39, 0.29) is 17.7 Å². The highest BCUT2D eigenvalue weighted by atomic mass is 32.2. The van der Waals surface area contributed by atoms with Crippen LogP contribution >= 0.6 is 24.0 Å². The van der Waals surface area contributed by atoms with Crippen LogP contribution in [0.15, 0.2) is 24.3 Å². The van der Waals surface area contributed by atoms with Gasteiger partial charge in [0.1, 0.15) is 16.6 Å². The van der Waals surface area contributed by atoms with Crippen molar-refractivity contribution in [3.8, 4) is 5.75 Å². The summed E-state index contributed by atoms with van der Waals surface area (Å²) in [6, 6.07) is 7.64. The summed E-state index contributed by atoms with van der Waals surface area (Å²) in [4.78, 5) is 26.4. The normalized spacial score (nSPS) is 17.4. The molecule has 1 N–H and O–H groups in total. The Morgan fingerprint density at radius 3 is 2.64 bits per heavy atom. The zero-order valence-corrected chi connectivity index (χ0v) is 15.9. The fraction of sp³-hybridized carbons (Fsp3) is 0.471. The second-order valence-electron chi connectivity index (χ2n) is 6.04. The van der Waals surface area contributed by atoms with Gasteiger partial charge >= 0.3 is 5.97 Å². The number of thiocarbonyl (C=S) groups is 1. The number of carbonyl (C=O) groups excluding carboxylic acids is 1. The number of rotatable bonds is 9. The molecule has 1 aliphatic heterocycles. The van der Waals surface area contributed by atoms with E-state index in [1.807, 2.05) is 38.4 Å². The SMILES string of the molecule is CN(C)CCCOc1ccc(CC2SC(=S)N(CC(=O)O)C2=O)cc1. The predicted molar refractivity (Wildman–Crippen MR) is 102 cm³/mol. The van der Waals surface area contributed by atoms with E-state index in [4.69, 9.17) is 22.1 Å². The quantitative estimate of drug-likeness (QED) is 0.516. The molecule has 1 heterocycles. The van der Waals surface area contributed by atoms with E-state index in [9.17, 15) is 9.59 Å². The molecule has 2 rings (SSSR count). The first-order valence-electron chi connectivity index (χ1n) is 7.97. The van der Waals surface area contributed by atoms with E-state index in [2.05, 4.69) is 4.90 Å². The van der Waals surface area contributed by atoms with Crippen LogP contribution in [-0.2, 0) is 16.0 Å². The van der Waals surface area contributed by atoms with Gasteiger partial charge < -0.3 is 14.7 Å². The molecule has 1 amide bonds. The number of carbonyl (C=O) groups is 2. The van der Waals surface area contributed by atoms with Crippen molar-refractivity contribution in [3.63, 3.8) is 0 Å². The first kappa shape index (κ1) is 19.7. The lowest BCUT2D eigenvalue weighted by Gasteiger charge is -2.13. The molecule has 0 aromatic heterocycles. The monoisotopic (exact) mass is 382 g/mol. The Labute approximate surface area is 157 Å². The second-order valence-corrected chi connectivity index (χ2v) is 7.88. The van der Waals surface area contributed by atoms with Gasteiger partial charge in [0.2, 0.25) is 5.91 Å². The Kier molecular flexibility index (Phi) is 7.22. The van der Waals surface area contributed by atoms with Crippen molar-refractivity contribution in [1.29, 1.82) is 0 Å². The van der Waals surface area contributed by atoms with E-state index in [1.165, 1.54) is 11.8 Å². The molecule has 25 heavy (non-hydrogen) atoms. The Morgan fingerprint density at radius 1 is 1.36 bits per heavy atom. The maximum absolute atomic E-state index is 12.3. The molecule has 0 saturated carbocycles. The van der Waals surface area contributed by atoms with E-state index >= 15 is 0 Å². The summed E-state index contributed by atoms with van der Waals surface area (Å²) in [5.74, 6) is -0.495. The highest BCUT2D eigenvalue weighted by Crippen LogP contribution is 2.30. The lowest BCUT2D eigenvalue weighted by atomic mass is 10.1. The van der Waals surface area contributed by atoms with Crippen molar-refractivity contribution in [2.75, 3.05) is 33.8 Å². The molecule has 1 aromatic carbocycles. The number of hydrogen-bond donors (Lipinski definition) is 1. The molecule has 1 aliphatic rings. The minimum absolute atomic E-state index is 0.235. The van der Waals surface area contributed by atoms with Crippen LogP contribution in [0, 0.1) is 0 Å². The van der Waals surface area contributed by atoms with Crippen LogP contribution in [0.5, 0.6) is 5.75 Å². The summed E-state index contributed by atoms with van der Waals surface area (Å²) < 4.78 is 6.02. The van der Waals surface area contributed by atoms with Crippen LogP contribution < -0.4 is 4.74 Å². The Bertz CT molecular complexity index is 634. The molecule has 0 aliphatic carbocycles. The first-order valence-corrected chi connectivity index (χ1v) is 9.26. The number of hydrogen-bond acceptors (Lipinski definition) is 6. The van der Waals surface area contributed by atoms with Gasteiger partial charge in [0.25, 0.3) is 0 Å². The largest absolute Gasteiger partial charge is 0.494 e. The molecule has 1 atom stereocenters. The summed E-state index contributed by atoms with van der Waals surface area (Å²) in [5.41, 5.74) is 0.992. The number of carboxylic acid groups (broad SMARTS) is 1. The second kappa shape index (κ2) is 9.17. The molecule has 1 unspecified atom stereocenters. The number of carboxylic acids is 1. The smallest absolute Gasteiger partial charge is 0.323 e. The Balaban J connectivity index is 1.86. The molecule has 8 heteroatoms. The van der Waals surface area contributed by atoms with Crippen LogP contribution in [0.3, 0.4) is 0 Å². The minimum atomic E-state index is -1.06. The van der Waals surface area contributed by atoms with Crippen LogP contribution in [0.1, 0.15) is 12.0 Å². The third-order valence-corrected chi connectivity index (χ3v) is 5.25. The van der Waals surface area contributed by atoms with Gasteiger partial charge in [0.15, 0.2) is 0 Å². The first-order chi connectivity index (χ1) is 11.9. The van der Waals surface area contributed by atoms with Crippen LogP contribution in [0.4, 0.5) is 0 Å². The fourth-order valence-corrected chi connectivity index (χ4v) is 3.94. The van der Waals surface area contributed by atoms with Crippen molar-refractivity contribution in [1.82, 2.24) is 9.80 Å². The van der Waals surface area contributed by atoms with Gasteiger partial charge in [-0.1, -0.05) is 36.1 Å². The van der Waals surface area contributed by atoms with E-state index in [0.717, 1.165) is 29.2 Å². The van der Waals surface area contributed by atoms with E-state index in [1.54, 1.807) is 0 Å². The number of benzene rings is 1. The van der Waals surface area contributed by atoms with Crippen LogP contribution in [-0.4, -0.2) is 70.1 Å². The summed E-state index contributed by atoms with van der Waals surface area (Å²) in [7, 11) is 4.06. The molecule has 0 radical (unpaired) electrons. The van der Waals surface area contributed by atoms with Crippen molar-refractivity contribution in [2.45, 2.75) is 18.1 Å². The van der Waals surface area contributed by atoms with Crippen molar-refractivity contribution >= 4 is 40.2 Å². The lowest BCUT2D eigenvalue weighted by molar-refractivity contribution is -0.141. The Hall–Kier alpha value is -1.64. The number of thioether (sulfide) groups is 1. The molecular formula is C17H22N2O4S2. The van der Waals surface area contributed by atoms with Gasteiger partial charge in [-0.2, -0.15) is 0 Å². The molecular weight excluding hydrogens is 360 g/mol. The number of ether oxygens (including phenoxy) is 1. The average Bonchev–Trinajstić information content (AvgIpc) is 2.80. The molecule has 0 bridgehead atoms. The maximum Gasteiger partial charge on any atom is 0.323 e. The summed E-state index contributed by atoms with van der Waals surface area (Å²) in [5, 5.41) is 8.49. The number of nitrogens with zero attached hydrogens (tertiary/aromatic N) is 2. The predicted octanol–water partition coefficient (Wildman–Crippen LogP) is 1.87. The molecule has 1 saturated heterocycles. The van der Waals surface area contributed by atoms with Crippen molar-refractivity contribution in [3.05, 3.63) is 29.8 Å². The zero-order valence-electron chi connectivity index (χ0n) is 14.3. The van der Waals surface area contributed by atoms with E-state index < -0.39 is 5.97 Å². The summed E-state index contributed by atoms with van der Waals surface area (Å²) >= 11 is 6.36. The molecule has 0 spiro atoms. The highest BCUT2D eigenvalue weighted by molar-refractivity contribution is 8.24. The minimum Gasteiger partial charge on any atom is -0.494 e. The van der Waals surface area contributed by atoms with Gasteiger partial charge in [-0.05, 0) is 44.6 Å². The maximum atomic E-state index is 12.3. The van der Waals surface area contributed by atoms with Gasteiger partial charge in [-0.15, -0.1) is 0 Å². The lowest BCUT2D eigenvalue weighted by Crippen LogP contribution is -2.36. The van der Waals surface area contributed by atoms with Gasteiger partial charge in [0, 0.05) is 6.54 Å². The molecule has 136 valence electrons. The highest BCUT2D eigenvalue weighted by Gasteiger charge is 2.37. The van der Waals surface area contributed by atoms with Gasteiger partial charge in [-0.3, -0.25) is 14.5 Å². The topological polar surface area (TPSA) is 70.1 Å². The summed E-state index contributed by atoms with van der Waals surface area (Å²) in [6.45, 7) is 1.26. The van der Waals surface area contributed by atoms with Crippen LogP contribution in [0.25, 0.3) is 0 Å². The number of aliphatic carboxylic acids is 1. The standard InChI is InChI=1S/C17H22N2O4S2/c1-18(2)8-3-9-23-13-6-4-12(5-7-13)10-14-16(22)19(11-15(20)21)17(24)25-14/h4-7,14H,3,8-11H2,1-2H3,(H,20,21). The molecule has 6 nitrogen and oxygen atoms in total. The van der Waals surface area contributed by atoms with Gasteiger partial charge in [0.05, 0.1) is 11.9 Å². The number of amides is 1. The molecule has 1 aromatic rings. The third-order valence-electron chi connectivity index (χ3n) is 3.66. The van der Waals surface area contributed by atoms with E-state index in [0.29, 0.717) is 17.3 Å². The zero-order chi connectivity index (χ0) is 18.4. The van der Waals surface area contributed by atoms with Gasteiger partial charge in [-0.25, -0.2) is 0 Å². The fourth-order valence-electron chi connectivity index (χ4n) is 2.41. The van der Waals surface area contributed by atoms with Crippen molar-refractivity contribution in [2.24, 2.45) is 0 Å². The third kappa shape index (κ3) is 5.98. The Morgan fingerprint density at radius 2 is 2.04 bits per heavy atom. The van der Waals surface area contributed by atoms with Crippen molar-refractivity contribution < 1.29 is 19.4 Å². The summed E-state index contributed by atoms with van der Waals surface area (Å²) in [6.07, 6.45) is 1.47.